The van der Waals surface area contributed by atoms with Crippen LogP contribution in [0.1, 0.15) is 72.6 Å². The van der Waals surface area contributed by atoms with E-state index < -0.39 is 0 Å². The van der Waals surface area contributed by atoms with Gasteiger partial charge in [-0.3, -0.25) is 4.79 Å². The molecule has 2 aliphatic heterocycles. The fourth-order valence-corrected chi connectivity index (χ4v) is 9.30. The molecule has 0 aromatic heterocycles. The first-order valence-corrected chi connectivity index (χ1v) is 12.7. The molecule has 4 heteroatoms. The Bertz CT molecular complexity index is 864. The van der Waals surface area contributed by atoms with Crippen molar-refractivity contribution in [2.45, 2.75) is 84.5 Å². The van der Waals surface area contributed by atoms with E-state index in [-0.39, 0.29) is 22.7 Å². The van der Waals surface area contributed by atoms with Gasteiger partial charge in [0.15, 0.2) is 11.5 Å². The van der Waals surface area contributed by atoms with Gasteiger partial charge in [0.2, 0.25) is 5.78 Å². The number of hydrogen-bond acceptors (Lipinski definition) is 4. The molecule has 0 aromatic carbocycles. The molecule has 0 radical (unpaired) electrons. The second-order valence-corrected chi connectivity index (χ2v) is 12.3. The monoisotopic (exact) mass is 426 g/mol. The zero-order chi connectivity index (χ0) is 21.8. The summed E-state index contributed by atoms with van der Waals surface area (Å²) in [6, 6.07) is 0. The van der Waals surface area contributed by atoms with E-state index in [4.69, 9.17) is 9.47 Å². The Morgan fingerprint density at radius 2 is 1.90 bits per heavy atom. The van der Waals surface area contributed by atoms with Crippen LogP contribution in [-0.2, 0) is 14.3 Å². The van der Waals surface area contributed by atoms with E-state index in [9.17, 15) is 9.90 Å². The molecule has 0 bridgehead atoms. The lowest BCUT2D eigenvalue weighted by atomic mass is 9.47. The van der Waals surface area contributed by atoms with Gasteiger partial charge in [-0.2, -0.15) is 0 Å². The Balaban J connectivity index is 1.30. The van der Waals surface area contributed by atoms with Gasteiger partial charge in [-0.15, -0.1) is 0 Å². The van der Waals surface area contributed by atoms with Crippen molar-refractivity contribution in [1.82, 2.24) is 0 Å². The molecule has 10 atom stereocenters. The largest absolute Gasteiger partial charge is 0.504 e. The molecule has 0 amide bonds. The first kappa shape index (κ1) is 20.5. The van der Waals surface area contributed by atoms with Crippen molar-refractivity contribution in [3.05, 3.63) is 23.5 Å². The highest BCUT2D eigenvalue weighted by Gasteiger charge is 2.68. The van der Waals surface area contributed by atoms with Crippen LogP contribution >= 0.6 is 0 Å². The average molecular weight is 427 g/mol. The van der Waals surface area contributed by atoms with E-state index in [0.717, 1.165) is 25.9 Å². The number of ether oxygens (including phenoxy) is 2. The number of ketones is 1. The second kappa shape index (κ2) is 6.47. The fraction of sp³-hybridized carbons (Fsp3) is 0.815. The number of fused-ring (bicyclic) bond motifs is 7. The van der Waals surface area contributed by atoms with Crippen molar-refractivity contribution in [3.8, 4) is 0 Å². The Morgan fingerprint density at radius 3 is 2.65 bits per heavy atom. The zero-order valence-electron chi connectivity index (χ0n) is 19.5. The van der Waals surface area contributed by atoms with Gasteiger partial charge in [-0.25, -0.2) is 0 Å². The number of rotatable bonds is 0. The summed E-state index contributed by atoms with van der Waals surface area (Å²) in [4.78, 5) is 12.1. The molecule has 170 valence electrons. The smallest absolute Gasteiger partial charge is 0.219 e. The molecule has 1 N–H and O–H groups in total. The van der Waals surface area contributed by atoms with Gasteiger partial charge in [0.25, 0.3) is 0 Å². The van der Waals surface area contributed by atoms with E-state index in [1.807, 2.05) is 6.08 Å². The summed E-state index contributed by atoms with van der Waals surface area (Å²) in [6.07, 6.45) is 11.9. The van der Waals surface area contributed by atoms with Crippen LogP contribution in [0, 0.1) is 46.3 Å². The second-order valence-electron chi connectivity index (χ2n) is 12.3. The van der Waals surface area contributed by atoms with Crippen LogP contribution in [0.15, 0.2) is 23.5 Å². The lowest BCUT2D eigenvalue weighted by molar-refractivity contribution is -0.272. The van der Waals surface area contributed by atoms with E-state index in [1.54, 1.807) is 6.08 Å². The van der Waals surface area contributed by atoms with Crippen LogP contribution in [0.2, 0.25) is 0 Å². The Labute approximate surface area is 186 Å². The number of allylic oxidation sites excluding steroid dienone is 3. The predicted octanol–water partition coefficient (Wildman–Crippen LogP) is 5.58. The standard InChI is InChI=1S/C27H38O4/c1-15-7-10-27(30-14-15)16(2)24-23(31-27)12-20-18-6-5-17-11-21(28)22(29)13-26(17,4)19(18)8-9-25(20,24)3/h11,13,15-16,18-20,23-24,29H,5-10,12,14H2,1-4H3/t15-,16+,18-,19+,20+,23+,24+,25+,26+,27-/m1/s1. The van der Waals surface area contributed by atoms with E-state index in [1.165, 1.54) is 31.3 Å². The van der Waals surface area contributed by atoms with Gasteiger partial charge in [0.1, 0.15) is 0 Å². The number of aliphatic hydroxyl groups excluding tert-OH is 1. The van der Waals surface area contributed by atoms with Crippen molar-refractivity contribution >= 4 is 5.78 Å². The maximum Gasteiger partial charge on any atom is 0.219 e. The summed E-state index contributed by atoms with van der Waals surface area (Å²) in [6.45, 7) is 10.3. The first-order chi connectivity index (χ1) is 14.7. The highest BCUT2D eigenvalue weighted by Crippen LogP contribution is 2.70. The zero-order valence-corrected chi connectivity index (χ0v) is 19.5. The van der Waals surface area contributed by atoms with E-state index in [2.05, 4.69) is 27.7 Å². The number of hydrogen-bond donors (Lipinski definition) is 1. The molecular weight excluding hydrogens is 388 g/mol. The molecule has 4 aliphatic carbocycles. The summed E-state index contributed by atoms with van der Waals surface area (Å²) < 4.78 is 13.3. The summed E-state index contributed by atoms with van der Waals surface area (Å²) in [7, 11) is 0. The van der Waals surface area contributed by atoms with E-state index >= 15 is 0 Å². The van der Waals surface area contributed by atoms with Crippen molar-refractivity contribution in [3.63, 3.8) is 0 Å². The Morgan fingerprint density at radius 1 is 1.10 bits per heavy atom. The van der Waals surface area contributed by atoms with Crippen LogP contribution in [0.4, 0.5) is 0 Å². The topological polar surface area (TPSA) is 55.8 Å². The normalized spacial score (nSPS) is 55.7. The average Bonchev–Trinajstić information content (AvgIpc) is 3.16. The Kier molecular flexibility index (Phi) is 4.27. The molecule has 1 spiro atoms. The molecule has 3 saturated carbocycles. The minimum atomic E-state index is -0.348. The van der Waals surface area contributed by atoms with Gasteiger partial charge in [-0.05, 0) is 85.7 Å². The van der Waals surface area contributed by atoms with Gasteiger partial charge < -0.3 is 14.6 Å². The van der Waals surface area contributed by atoms with Crippen molar-refractivity contribution < 1.29 is 19.4 Å². The molecule has 0 unspecified atom stereocenters. The predicted molar refractivity (Wildman–Crippen MR) is 118 cm³/mol. The molecule has 4 nitrogen and oxygen atoms in total. The highest BCUT2D eigenvalue weighted by molar-refractivity contribution is 6.04. The van der Waals surface area contributed by atoms with Crippen LogP contribution in [-0.4, -0.2) is 29.4 Å². The first-order valence-electron chi connectivity index (χ1n) is 12.7. The third-order valence-electron chi connectivity index (χ3n) is 10.9. The molecule has 31 heavy (non-hydrogen) atoms. The van der Waals surface area contributed by atoms with Crippen LogP contribution < -0.4 is 0 Å². The van der Waals surface area contributed by atoms with Crippen LogP contribution in [0.3, 0.4) is 0 Å². The fourth-order valence-electron chi connectivity index (χ4n) is 9.30. The maximum atomic E-state index is 12.1. The molecule has 6 aliphatic rings. The molecule has 2 heterocycles. The molecule has 0 aromatic rings. The quantitative estimate of drug-likeness (QED) is 0.549. The lowest BCUT2D eigenvalue weighted by Crippen LogP contribution is -2.52. The molecule has 6 rings (SSSR count). The maximum absolute atomic E-state index is 12.1. The summed E-state index contributed by atoms with van der Waals surface area (Å²) in [5, 5.41) is 10.3. The number of aliphatic hydroxyl groups is 1. The van der Waals surface area contributed by atoms with Crippen molar-refractivity contribution in [2.75, 3.05) is 6.61 Å². The Hall–Kier alpha value is -1.13. The minimum Gasteiger partial charge on any atom is -0.504 e. The minimum absolute atomic E-state index is 0.0499. The molecule has 2 saturated heterocycles. The highest BCUT2D eigenvalue weighted by atomic mass is 16.7. The van der Waals surface area contributed by atoms with Crippen LogP contribution in [0.25, 0.3) is 0 Å². The lowest BCUT2D eigenvalue weighted by Gasteiger charge is -2.57. The van der Waals surface area contributed by atoms with E-state index in [0.29, 0.717) is 47.0 Å². The van der Waals surface area contributed by atoms with Crippen LogP contribution in [0.5, 0.6) is 0 Å². The van der Waals surface area contributed by atoms with Gasteiger partial charge >= 0.3 is 0 Å². The third kappa shape index (κ3) is 2.58. The third-order valence-corrected chi connectivity index (χ3v) is 10.9. The van der Waals surface area contributed by atoms with Gasteiger partial charge in [-0.1, -0.05) is 33.3 Å². The summed E-state index contributed by atoms with van der Waals surface area (Å²) >= 11 is 0. The number of carbonyl (C=O) groups excluding carboxylic acids is 1. The molecular formula is C27H38O4. The molecule has 5 fully saturated rings. The van der Waals surface area contributed by atoms with Crippen molar-refractivity contribution in [2.24, 2.45) is 46.3 Å². The van der Waals surface area contributed by atoms with Gasteiger partial charge in [0.05, 0.1) is 12.7 Å². The SMILES string of the molecule is C[C@@H]1CC[C@@]2(OC1)O[C@H]1C[C@H]3[C@@H]4CCC5=CC(=O)C(O)=C[C@]5(C)[C@H]4CC[C@]3(C)[C@H]1[C@@H]2C. The summed E-state index contributed by atoms with van der Waals surface area (Å²) in [5.74, 6) is 2.86. The van der Waals surface area contributed by atoms with Crippen molar-refractivity contribution in [1.29, 1.82) is 0 Å². The summed E-state index contributed by atoms with van der Waals surface area (Å²) in [5.41, 5.74) is 1.37. The number of carbonyl (C=O) groups is 1. The van der Waals surface area contributed by atoms with Gasteiger partial charge in [0, 0.05) is 17.8 Å².